The van der Waals surface area contributed by atoms with Gasteiger partial charge in [-0.3, -0.25) is 20.6 Å². The highest BCUT2D eigenvalue weighted by atomic mass is 35.5. The number of pyridine rings is 1. The van der Waals surface area contributed by atoms with Gasteiger partial charge < -0.3 is 4.74 Å². The summed E-state index contributed by atoms with van der Waals surface area (Å²) in [6.45, 7) is 0.192. The van der Waals surface area contributed by atoms with Crippen molar-refractivity contribution >= 4 is 45.7 Å². The molecule has 9 heteroatoms. The number of halogens is 2. The summed E-state index contributed by atoms with van der Waals surface area (Å²) in [4.78, 5) is 17.2. The molecule has 30 heavy (non-hydrogen) atoms. The van der Waals surface area contributed by atoms with Crippen molar-refractivity contribution in [1.29, 1.82) is 0 Å². The van der Waals surface area contributed by atoms with Gasteiger partial charge in [0.15, 0.2) is 0 Å². The van der Waals surface area contributed by atoms with Crippen LogP contribution >= 0.6 is 23.2 Å². The maximum absolute atomic E-state index is 12.8. The third-order valence-corrected chi connectivity index (χ3v) is 4.92. The second-order valence-electron chi connectivity index (χ2n) is 6.43. The Hall–Kier alpha value is -3.13. The third-order valence-electron chi connectivity index (χ3n) is 4.45. The van der Waals surface area contributed by atoms with Crippen LogP contribution in [0.25, 0.3) is 16.6 Å². The number of nitrogens with one attached hydrogen (secondary N) is 2. The van der Waals surface area contributed by atoms with E-state index in [2.05, 4.69) is 20.9 Å². The molecule has 2 aromatic heterocycles. The van der Waals surface area contributed by atoms with Crippen LogP contribution in [0, 0.1) is 0 Å². The first-order chi connectivity index (χ1) is 14.6. The standard InChI is InChI=1S/C21H17Cl2N5O2/c1-30-12-20-17(21(29)27-26-15-4-2-3-13(22)9-15)11-25-28(20)19-7-8-24-18-10-14(23)5-6-16(18)19/h2-11,26H,12H2,1H3,(H,27,29). The summed E-state index contributed by atoms with van der Waals surface area (Å²) in [6, 6.07) is 14.3. The van der Waals surface area contributed by atoms with Gasteiger partial charge in [-0.2, -0.15) is 5.10 Å². The SMILES string of the molecule is COCc1c(C(=O)NNc2cccc(Cl)c2)cnn1-c1ccnc2cc(Cl)ccc12. The normalized spacial score (nSPS) is 10.9. The van der Waals surface area contributed by atoms with Crippen LogP contribution in [-0.2, 0) is 11.3 Å². The Morgan fingerprint density at radius 1 is 1.13 bits per heavy atom. The highest BCUT2D eigenvalue weighted by molar-refractivity contribution is 6.31. The second kappa shape index (κ2) is 8.71. The number of rotatable bonds is 6. The molecule has 0 unspecified atom stereocenters. The monoisotopic (exact) mass is 441 g/mol. The Labute approximate surface area is 182 Å². The summed E-state index contributed by atoms with van der Waals surface area (Å²) in [5.41, 5.74) is 8.66. The van der Waals surface area contributed by atoms with Crippen LogP contribution in [0.5, 0.6) is 0 Å². The highest BCUT2D eigenvalue weighted by Gasteiger charge is 2.19. The molecule has 0 saturated carbocycles. The molecule has 4 rings (SSSR count). The number of carbonyl (C=O) groups excluding carboxylic acids is 1. The first kappa shape index (κ1) is 20.2. The minimum atomic E-state index is -0.352. The Morgan fingerprint density at radius 2 is 1.97 bits per heavy atom. The molecular weight excluding hydrogens is 425 g/mol. The number of aromatic nitrogens is 3. The van der Waals surface area contributed by atoms with E-state index < -0.39 is 0 Å². The van der Waals surface area contributed by atoms with Gasteiger partial charge in [-0.05, 0) is 42.5 Å². The average Bonchev–Trinajstić information content (AvgIpc) is 3.15. The molecule has 2 heterocycles. The van der Waals surface area contributed by atoms with E-state index in [1.807, 2.05) is 12.1 Å². The number of ether oxygens (including phenoxy) is 1. The van der Waals surface area contributed by atoms with Gasteiger partial charge in [0.05, 0.1) is 41.0 Å². The number of carbonyl (C=O) groups is 1. The van der Waals surface area contributed by atoms with Gasteiger partial charge in [0, 0.05) is 28.7 Å². The van der Waals surface area contributed by atoms with E-state index in [-0.39, 0.29) is 12.5 Å². The minimum absolute atomic E-state index is 0.192. The molecule has 1 amide bonds. The van der Waals surface area contributed by atoms with Crippen LogP contribution in [0.15, 0.2) is 60.9 Å². The van der Waals surface area contributed by atoms with Crippen LogP contribution in [0.4, 0.5) is 5.69 Å². The molecule has 152 valence electrons. The molecule has 0 aliphatic rings. The van der Waals surface area contributed by atoms with E-state index in [4.69, 9.17) is 27.9 Å². The predicted octanol–water partition coefficient (Wildman–Crippen LogP) is 4.63. The van der Waals surface area contributed by atoms with E-state index in [0.717, 1.165) is 16.6 Å². The molecular formula is C21H17Cl2N5O2. The average molecular weight is 442 g/mol. The highest BCUT2D eigenvalue weighted by Crippen LogP contribution is 2.25. The fourth-order valence-corrected chi connectivity index (χ4v) is 3.46. The lowest BCUT2D eigenvalue weighted by atomic mass is 10.1. The summed E-state index contributed by atoms with van der Waals surface area (Å²) >= 11 is 12.1. The molecule has 0 bridgehead atoms. The number of amides is 1. The molecule has 0 spiro atoms. The van der Waals surface area contributed by atoms with E-state index in [1.165, 1.54) is 6.20 Å². The summed E-state index contributed by atoms with van der Waals surface area (Å²) in [6.07, 6.45) is 3.18. The second-order valence-corrected chi connectivity index (χ2v) is 7.30. The number of hydrogen-bond acceptors (Lipinski definition) is 5. The van der Waals surface area contributed by atoms with Crippen molar-refractivity contribution in [2.45, 2.75) is 6.61 Å². The Bertz CT molecular complexity index is 1230. The van der Waals surface area contributed by atoms with Crippen molar-refractivity contribution in [3.63, 3.8) is 0 Å². The Morgan fingerprint density at radius 3 is 2.77 bits per heavy atom. The van der Waals surface area contributed by atoms with Gasteiger partial charge in [-0.25, -0.2) is 4.68 Å². The maximum Gasteiger partial charge on any atom is 0.273 e. The molecule has 0 radical (unpaired) electrons. The van der Waals surface area contributed by atoms with Crippen molar-refractivity contribution in [3.05, 3.63) is 82.2 Å². The zero-order chi connectivity index (χ0) is 21.1. The van der Waals surface area contributed by atoms with Crippen molar-refractivity contribution < 1.29 is 9.53 Å². The van der Waals surface area contributed by atoms with Crippen LogP contribution in [0.2, 0.25) is 10.0 Å². The summed E-state index contributed by atoms with van der Waals surface area (Å²) in [5, 5.41) is 6.44. The quantitative estimate of drug-likeness (QED) is 0.426. The van der Waals surface area contributed by atoms with Gasteiger partial charge in [0.2, 0.25) is 0 Å². The number of anilines is 1. The molecule has 2 aromatic carbocycles. The van der Waals surface area contributed by atoms with Gasteiger partial charge in [-0.1, -0.05) is 29.3 Å². The maximum atomic E-state index is 12.8. The van der Waals surface area contributed by atoms with Gasteiger partial charge in [0.1, 0.15) is 0 Å². The molecule has 0 aliphatic carbocycles. The largest absolute Gasteiger partial charge is 0.378 e. The number of nitrogens with zero attached hydrogens (tertiary/aromatic N) is 3. The molecule has 0 aliphatic heterocycles. The first-order valence-electron chi connectivity index (χ1n) is 8.99. The molecule has 2 N–H and O–H groups in total. The molecule has 4 aromatic rings. The van der Waals surface area contributed by atoms with E-state index in [1.54, 1.807) is 54.4 Å². The zero-order valence-corrected chi connectivity index (χ0v) is 17.4. The fraction of sp³-hybridized carbons (Fsp3) is 0.0952. The molecule has 0 saturated heterocycles. The van der Waals surface area contributed by atoms with Crippen LogP contribution in [0.3, 0.4) is 0 Å². The number of fused-ring (bicyclic) bond motifs is 1. The smallest absolute Gasteiger partial charge is 0.273 e. The van der Waals surface area contributed by atoms with Gasteiger partial charge in [-0.15, -0.1) is 0 Å². The van der Waals surface area contributed by atoms with Crippen molar-refractivity contribution in [3.8, 4) is 5.69 Å². The number of hydrogen-bond donors (Lipinski definition) is 2. The van der Waals surface area contributed by atoms with E-state index in [9.17, 15) is 4.79 Å². The summed E-state index contributed by atoms with van der Waals surface area (Å²) < 4.78 is 7.01. The van der Waals surface area contributed by atoms with Crippen molar-refractivity contribution in [2.75, 3.05) is 12.5 Å². The van der Waals surface area contributed by atoms with E-state index >= 15 is 0 Å². The zero-order valence-electron chi connectivity index (χ0n) is 15.9. The molecule has 0 atom stereocenters. The van der Waals surface area contributed by atoms with Crippen molar-refractivity contribution in [1.82, 2.24) is 20.2 Å². The lowest BCUT2D eigenvalue weighted by Gasteiger charge is -2.12. The lowest BCUT2D eigenvalue weighted by molar-refractivity contribution is 0.0957. The Balaban J connectivity index is 1.68. The van der Waals surface area contributed by atoms with Gasteiger partial charge >= 0.3 is 0 Å². The lowest BCUT2D eigenvalue weighted by Crippen LogP contribution is -2.30. The number of benzene rings is 2. The first-order valence-corrected chi connectivity index (χ1v) is 9.75. The van der Waals surface area contributed by atoms with Crippen LogP contribution < -0.4 is 10.9 Å². The summed E-state index contributed by atoms with van der Waals surface area (Å²) in [7, 11) is 1.56. The van der Waals surface area contributed by atoms with Crippen LogP contribution in [0.1, 0.15) is 16.1 Å². The molecule has 0 fully saturated rings. The van der Waals surface area contributed by atoms with Gasteiger partial charge in [0.25, 0.3) is 5.91 Å². The number of methoxy groups -OCH3 is 1. The Kier molecular flexibility index (Phi) is 5.85. The van der Waals surface area contributed by atoms with Crippen LogP contribution in [-0.4, -0.2) is 27.8 Å². The fourth-order valence-electron chi connectivity index (χ4n) is 3.10. The van der Waals surface area contributed by atoms with Crippen molar-refractivity contribution in [2.24, 2.45) is 0 Å². The topological polar surface area (TPSA) is 81.1 Å². The predicted molar refractivity (Wildman–Crippen MR) is 117 cm³/mol. The molecule has 7 nitrogen and oxygen atoms in total. The number of hydrazine groups is 1. The summed E-state index contributed by atoms with van der Waals surface area (Å²) in [5.74, 6) is -0.352. The third kappa shape index (κ3) is 4.09. The minimum Gasteiger partial charge on any atom is -0.378 e. The van der Waals surface area contributed by atoms with E-state index in [0.29, 0.717) is 27.0 Å².